The highest BCUT2D eigenvalue weighted by Crippen LogP contribution is 2.24. The zero-order valence-electron chi connectivity index (χ0n) is 14.9. The molecule has 0 saturated heterocycles. The average Bonchev–Trinajstić information content (AvgIpc) is 2.98. The predicted octanol–water partition coefficient (Wildman–Crippen LogP) is 3.12. The van der Waals surface area contributed by atoms with Gasteiger partial charge in [-0.2, -0.15) is 8.42 Å². The third-order valence-electron chi connectivity index (χ3n) is 3.78. The van der Waals surface area contributed by atoms with Crippen LogP contribution in [0.2, 0.25) is 5.02 Å². The minimum Gasteiger partial charge on any atom is -0.465 e. The van der Waals surface area contributed by atoms with Crippen molar-refractivity contribution in [1.29, 1.82) is 0 Å². The lowest BCUT2D eigenvalue weighted by molar-refractivity contribution is -0.384. The summed E-state index contributed by atoms with van der Waals surface area (Å²) < 4.78 is 35.9. The number of aromatic nitrogens is 1. The van der Waals surface area contributed by atoms with Gasteiger partial charge in [0.15, 0.2) is 0 Å². The summed E-state index contributed by atoms with van der Waals surface area (Å²) in [7, 11) is -4.10. The number of fused-ring (bicyclic) bond motifs is 1. The summed E-state index contributed by atoms with van der Waals surface area (Å²) in [5, 5.41) is 11.4. The number of non-ortho nitro benzene ring substituents is 1. The number of halogens is 1. The molecule has 3 rings (SSSR count). The Morgan fingerprint density at radius 3 is 2.59 bits per heavy atom. The molecule has 1 heterocycles. The van der Waals surface area contributed by atoms with E-state index in [0.717, 1.165) is 11.3 Å². The Morgan fingerprint density at radius 2 is 1.97 bits per heavy atom. The molecule has 0 aliphatic carbocycles. The highest BCUT2D eigenvalue weighted by molar-refractivity contribution is 7.90. The molecule has 0 fully saturated rings. The fraction of sp³-hybridized carbons (Fsp3) is 0.176. The molecule has 0 saturated carbocycles. The number of rotatable bonds is 6. The van der Waals surface area contributed by atoms with Gasteiger partial charge >= 0.3 is 5.97 Å². The lowest BCUT2D eigenvalue weighted by Crippen LogP contribution is -2.23. The van der Waals surface area contributed by atoms with Crippen LogP contribution in [0.1, 0.15) is 6.92 Å². The number of sulfonamides is 1. The summed E-state index contributed by atoms with van der Waals surface area (Å²) in [6.07, 6.45) is 0. The Morgan fingerprint density at radius 1 is 1.28 bits per heavy atom. The number of benzene rings is 2. The van der Waals surface area contributed by atoms with Gasteiger partial charge < -0.3 is 9.30 Å². The van der Waals surface area contributed by atoms with Gasteiger partial charge in [-0.25, -0.2) is 0 Å². The highest BCUT2D eigenvalue weighted by Gasteiger charge is 2.18. The number of hydrogen-bond donors (Lipinski definition) is 0. The van der Waals surface area contributed by atoms with Crippen molar-refractivity contribution in [2.75, 3.05) is 6.61 Å². The van der Waals surface area contributed by atoms with Crippen LogP contribution in [-0.2, 0) is 26.1 Å². The van der Waals surface area contributed by atoms with Crippen LogP contribution in [0.3, 0.4) is 0 Å². The molecule has 152 valence electrons. The van der Waals surface area contributed by atoms with E-state index in [1.54, 1.807) is 6.92 Å². The van der Waals surface area contributed by atoms with E-state index in [-0.39, 0.29) is 28.5 Å². The number of carbonyl (C=O) groups is 1. The van der Waals surface area contributed by atoms with E-state index in [2.05, 4.69) is 4.40 Å². The van der Waals surface area contributed by atoms with Crippen LogP contribution >= 0.6 is 22.9 Å². The first kappa shape index (κ1) is 21.0. The molecule has 12 heteroatoms. The molecule has 0 aliphatic rings. The lowest BCUT2D eigenvalue weighted by Gasteiger charge is -2.05. The Bertz CT molecular complexity index is 1260. The van der Waals surface area contributed by atoms with Crippen LogP contribution in [-0.4, -0.2) is 30.5 Å². The normalized spacial score (nSPS) is 12.3. The molecule has 0 radical (unpaired) electrons. The van der Waals surface area contributed by atoms with Crippen molar-refractivity contribution in [2.45, 2.75) is 18.4 Å². The van der Waals surface area contributed by atoms with Gasteiger partial charge in [0.25, 0.3) is 15.7 Å². The fourth-order valence-corrected chi connectivity index (χ4v) is 4.89. The Kier molecular flexibility index (Phi) is 6.01. The quantitative estimate of drug-likeness (QED) is 0.320. The van der Waals surface area contributed by atoms with E-state index in [9.17, 15) is 23.3 Å². The standard InChI is InChI=1S/C17H14ClN3O6S2/c1-2-27-16(22)10-20-14-8-5-12(21(23)24)9-15(14)28-17(20)19-29(25,26)13-6-3-11(18)4-7-13/h3-9H,2,10H2,1H3/b19-17-. The molecule has 9 nitrogen and oxygen atoms in total. The summed E-state index contributed by atoms with van der Waals surface area (Å²) in [6, 6.07) is 9.49. The second-order valence-corrected chi connectivity index (χ2v) is 8.75. The van der Waals surface area contributed by atoms with E-state index in [0.29, 0.717) is 15.2 Å². The molecular formula is C17H14ClN3O6S2. The maximum absolute atomic E-state index is 12.7. The number of carbonyl (C=O) groups excluding carboxylic acids is 1. The van der Waals surface area contributed by atoms with Crippen molar-refractivity contribution in [3.05, 3.63) is 62.4 Å². The van der Waals surface area contributed by atoms with Crippen molar-refractivity contribution in [2.24, 2.45) is 4.40 Å². The Balaban J connectivity index is 2.21. The number of ether oxygens (including phenoxy) is 1. The van der Waals surface area contributed by atoms with Crippen molar-refractivity contribution in [1.82, 2.24) is 4.57 Å². The minimum absolute atomic E-state index is 0.0106. The summed E-state index contributed by atoms with van der Waals surface area (Å²) in [5.41, 5.74) is 0.271. The van der Waals surface area contributed by atoms with Gasteiger partial charge in [0, 0.05) is 17.2 Å². The molecular weight excluding hydrogens is 442 g/mol. The SMILES string of the molecule is CCOC(=O)Cn1/c(=N/S(=O)(=O)c2ccc(Cl)cc2)sc2cc([N+](=O)[O-])ccc21. The molecule has 2 aromatic carbocycles. The summed E-state index contributed by atoms with van der Waals surface area (Å²) in [5.74, 6) is -0.587. The number of nitro benzene ring substituents is 1. The largest absolute Gasteiger partial charge is 0.465 e. The molecule has 0 bridgehead atoms. The molecule has 0 unspecified atom stereocenters. The van der Waals surface area contributed by atoms with Gasteiger partial charge in [0.2, 0.25) is 4.80 Å². The Labute approximate surface area is 174 Å². The minimum atomic E-state index is -4.10. The summed E-state index contributed by atoms with van der Waals surface area (Å²) in [4.78, 5) is 22.4. The molecule has 0 amide bonds. The van der Waals surface area contributed by atoms with Gasteiger partial charge in [-0.15, -0.1) is 4.40 Å². The van der Waals surface area contributed by atoms with Crippen LogP contribution in [0.5, 0.6) is 0 Å². The van der Waals surface area contributed by atoms with Crippen LogP contribution in [0.4, 0.5) is 5.69 Å². The van der Waals surface area contributed by atoms with E-state index < -0.39 is 20.9 Å². The van der Waals surface area contributed by atoms with E-state index >= 15 is 0 Å². The highest BCUT2D eigenvalue weighted by atomic mass is 35.5. The first-order valence-corrected chi connectivity index (χ1v) is 10.8. The van der Waals surface area contributed by atoms with Crippen LogP contribution in [0, 0.1) is 10.1 Å². The maximum atomic E-state index is 12.7. The predicted molar refractivity (Wildman–Crippen MR) is 107 cm³/mol. The number of thiazole rings is 1. The molecule has 29 heavy (non-hydrogen) atoms. The zero-order valence-corrected chi connectivity index (χ0v) is 17.3. The van der Waals surface area contributed by atoms with Crippen LogP contribution in [0.15, 0.2) is 51.8 Å². The molecule has 3 aromatic rings. The molecule has 0 aliphatic heterocycles. The Hall–Kier alpha value is -2.76. The van der Waals surface area contributed by atoms with Crippen molar-refractivity contribution >= 4 is 54.8 Å². The smallest absolute Gasteiger partial charge is 0.326 e. The van der Waals surface area contributed by atoms with Crippen molar-refractivity contribution < 1.29 is 22.9 Å². The van der Waals surface area contributed by atoms with Crippen molar-refractivity contribution in [3.63, 3.8) is 0 Å². The van der Waals surface area contributed by atoms with Gasteiger partial charge in [0.05, 0.1) is 26.6 Å². The zero-order chi connectivity index (χ0) is 21.2. The topological polar surface area (TPSA) is 121 Å². The first-order chi connectivity index (χ1) is 13.7. The average molecular weight is 456 g/mol. The third-order valence-corrected chi connectivity index (χ3v) is 6.47. The lowest BCUT2D eigenvalue weighted by atomic mass is 10.3. The summed E-state index contributed by atoms with van der Waals surface area (Å²) >= 11 is 6.71. The number of esters is 1. The molecule has 1 aromatic heterocycles. The molecule has 0 N–H and O–H groups in total. The molecule has 0 atom stereocenters. The van der Waals surface area contributed by atoms with E-state index in [4.69, 9.17) is 16.3 Å². The number of hydrogen-bond acceptors (Lipinski definition) is 7. The maximum Gasteiger partial charge on any atom is 0.326 e. The van der Waals surface area contributed by atoms with Crippen molar-refractivity contribution in [3.8, 4) is 0 Å². The van der Waals surface area contributed by atoms with Gasteiger partial charge in [-0.05, 0) is 37.3 Å². The van der Waals surface area contributed by atoms with Gasteiger partial charge in [-0.1, -0.05) is 22.9 Å². The van der Waals surface area contributed by atoms with Gasteiger partial charge in [0.1, 0.15) is 6.54 Å². The number of nitrogens with zero attached hydrogens (tertiary/aromatic N) is 3. The van der Waals surface area contributed by atoms with Crippen LogP contribution in [0.25, 0.3) is 10.2 Å². The second kappa shape index (κ2) is 8.31. The van der Waals surface area contributed by atoms with Gasteiger partial charge in [-0.3, -0.25) is 14.9 Å². The third kappa shape index (κ3) is 4.63. The summed E-state index contributed by atoms with van der Waals surface area (Å²) in [6.45, 7) is 1.51. The number of nitro groups is 1. The molecule has 0 spiro atoms. The first-order valence-electron chi connectivity index (χ1n) is 8.21. The van der Waals surface area contributed by atoms with E-state index in [1.165, 1.54) is 47.0 Å². The van der Waals surface area contributed by atoms with E-state index in [1.807, 2.05) is 0 Å². The second-order valence-electron chi connectivity index (χ2n) is 5.71. The monoisotopic (exact) mass is 455 g/mol. The fourth-order valence-electron chi connectivity index (χ4n) is 2.50. The van der Waals surface area contributed by atoms with Crippen LogP contribution < -0.4 is 4.80 Å².